The predicted molar refractivity (Wildman–Crippen MR) is 85.8 cm³/mol. The molecule has 5 nitrogen and oxygen atoms in total. The van der Waals surface area contributed by atoms with Gasteiger partial charge in [0.1, 0.15) is 0 Å². The zero-order valence-electron chi connectivity index (χ0n) is 11.8. The third kappa shape index (κ3) is 3.04. The maximum absolute atomic E-state index is 10.3. The van der Waals surface area contributed by atoms with Crippen molar-refractivity contribution in [1.29, 1.82) is 0 Å². The van der Waals surface area contributed by atoms with E-state index in [2.05, 4.69) is 10.2 Å². The largest absolute Gasteiger partial charge is 0.461 e. The smallest absolute Gasteiger partial charge is 0.200 e. The van der Waals surface area contributed by atoms with E-state index in [0.717, 1.165) is 0 Å². The topological polar surface area (TPSA) is 64.1 Å². The second-order valence-electron chi connectivity index (χ2n) is 4.69. The summed E-state index contributed by atoms with van der Waals surface area (Å²) in [6.45, 7) is 0. The monoisotopic (exact) mass is 335 g/mol. The number of hydrogen-bond donors (Lipinski definition) is 1. The lowest BCUT2D eigenvalue weighted by Gasteiger charge is -2.11. The lowest BCUT2D eigenvalue weighted by atomic mass is 10.1. The van der Waals surface area contributed by atoms with E-state index in [9.17, 15) is 5.11 Å². The second kappa shape index (κ2) is 6.56. The van der Waals surface area contributed by atoms with E-state index < -0.39 is 6.10 Å². The fourth-order valence-corrected chi connectivity index (χ4v) is 3.18. The molecule has 0 amide bonds. The van der Waals surface area contributed by atoms with Crippen LogP contribution in [0.4, 0.5) is 0 Å². The Bertz CT molecular complexity index is 758. The van der Waals surface area contributed by atoms with Gasteiger partial charge in [-0.1, -0.05) is 41.6 Å². The Kier molecular flexibility index (Phi) is 4.52. The third-order valence-corrected chi connectivity index (χ3v) is 4.65. The molecular weight excluding hydrogens is 322 g/mol. The summed E-state index contributed by atoms with van der Waals surface area (Å²) in [7, 11) is 1.86. The maximum atomic E-state index is 10.3. The number of furan rings is 1. The van der Waals surface area contributed by atoms with Gasteiger partial charge < -0.3 is 14.1 Å². The molecule has 0 saturated carbocycles. The molecule has 1 unspecified atom stereocenters. The van der Waals surface area contributed by atoms with Crippen LogP contribution in [0.3, 0.4) is 0 Å². The minimum absolute atomic E-state index is 0.438. The average molecular weight is 336 g/mol. The molecular formula is C15H14ClN3O2S. The number of halogens is 1. The molecule has 0 saturated heterocycles. The number of thioether (sulfide) groups is 1. The Morgan fingerprint density at radius 3 is 2.82 bits per heavy atom. The molecule has 3 rings (SSSR count). The summed E-state index contributed by atoms with van der Waals surface area (Å²) < 4.78 is 7.16. The SMILES string of the molecule is Cn1c(SCC(O)c2ccccc2Cl)nnc1-c1ccco1. The van der Waals surface area contributed by atoms with E-state index in [-0.39, 0.29) is 0 Å². The van der Waals surface area contributed by atoms with Crippen molar-refractivity contribution in [2.45, 2.75) is 11.3 Å². The fourth-order valence-electron chi connectivity index (χ4n) is 2.05. The van der Waals surface area contributed by atoms with Gasteiger partial charge in [0, 0.05) is 17.8 Å². The molecule has 0 aliphatic heterocycles. The molecule has 22 heavy (non-hydrogen) atoms. The van der Waals surface area contributed by atoms with Gasteiger partial charge in [-0.3, -0.25) is 0 Å². The van der Waals surface area contributed by atoms with Gasteiger partial charge >= 0.3 is 0 Å². The van der Waals surface area contributed by atoms with Crippen LogP contribution in [0.2, 0.25) is 5.02 Å². The van der Waals surface area contributed by atoms with Crippen molar-refractivity contribution in [1.82, 2.24) is 14.8 Å². The van der Waals surface area contributed by atoms with Gasteiger partial charge in [0.25, 0.3) is 0 Å². The molecule has 3 aromatic rings. The number of aliphatic hydroxyl groups is 1. The quantitative estimate of drug-likeness (QED) is 0.722. The van der Waals surface area contributed by atoms with Crippen LogP contribution in [0.1, 0.15) is 11.7 Å². The minimum Gasteiger partial charge on any atom is -0.461 e. The van der Waals surface area contributed by atoms with Crippen LogP contribution < -0.4 is 0 Å². The fraction of sp³-hybridized carbons (Fsp3) is 0.200. The normalized spacial score (nSPS) is 12.5. The molecule has 7 heteroatoms. The van der Waals surface area contributed by atoms with Crippen LogP contribution >= 0.6 is 23.4 Å². The van der Waals surface area contributed by atoms with E-state index >= 15 is 0 Å². The first-order valence-corrected chi connectivity index (χ1v) is 8.01. The highest BCUT2D eigenvalue weighted by molar-refractivity contribution is 7.99. The zero-order valence-corrected chi connectivity index (χ0v) is 13.4. The molecule has 0 aliphatic rings. The Morgan fingerprint density at radius 1 is 1.27 bits per heavy atom. The molecule has 0 aliphatic carbocycles. The molecule has 2 heterocycles. The van der Waals surface area contributed by atoms with Crippen molar-refractivity contribution < 1.29 is 9.52 Å². The van der Waals surface area contributed by atoms with Crippen molar-refractivity contribution in [3.05, 3.63) is 53.2 Å². The number of hydrogen-bond acceptors (Lipinski definition) is 5. The maximum Gasteiger partial charge on any atom is 0.200 e. The molecule has 0 fully saturated rings. The van der Waals surface area contributed by atoms with Crippen molar-refractivity contribution >= 4 is 23.4 Å². The summed E-state index contributed by atoms with van der Waals surface area (Å²) in [5.74, 6) is 1.75. The van der Waals surface area contributed by atoms with E-state index in [0.29, 0.717) is 33.1 Å². The van der Waals surface area contributed by atoms with Crippen molar-refractivity contribution in [3.8, 4) is 11.6 Å². The summed E-state index contributed by atoms with van der Waals surface area (Å²) in [6, 6.07) is 10.9. The third-order valence-electron chi connectivity index (χ3n) is 3.21. The molecule has 0 radical (unpaired) electrons. The Hall–Kier alpha value is -1.76. The first-order chi connectivity index (χ1) is 10.7. The van der Waals surface area contributed by atoms with Gasteiger partial charge in [-0.15, -0.1) is 10.2 Å². The minimum atomic E-state index is -0.664. The van der Waals surface area contributed by atoms with Gasteiger partial charge in [0.2, 0.25) is 0 Å². The van der Waals surface area contributed by atoms with Gasteiger partial charge in [0.05, 0.1) is 12.4 Å². The predicted octanol–water partition coefficient (Wildman–Crippen LogP) is 3.55. The van der Waals surface area contributed by atoms with Crippen LogP contribution in [-0.2, 0) is 7.05 Å². The summed E-state index contributed by atoms with van der Waals surface area (Å²) in [5.41, 5.74) is 0.713. The van der Waals surface area contributed by atoms with E-state index in [1.807, 2.05) is 35.9 Å². The first kappa shape index (κ1) is 15.1. The highest BCUT2D eigenvalue weighted by Gasteiger charge is 2.16. The molecule has 0 spiro atoms. The van der Waals surface area contributed by atoms with Gasteiger partial charge in [0.15, 0.2) is 16.7 Å². The summed E-state index contributed by atoms with van der Waals surface area (Å²) in [5, 5.41) is 19.8. The Morgan fingerprint density at radius 2 is 2.09 bits per heavy atom. The van der Waals surface area contributed by atoms with Crippen molar-refractivity contribution in [2.75, 3.05) is 5.75 Å². The standard InChI is InChI=1S/C15H14ClN3O2S/c1-19-14(13-7-4-8-21-13)17-18-15(19)22-9-12(20)10-5-2-3-6-11(10)16/h2-8,12,20H,9H2,1H3. The molecule has 0 bridgehead atoms. The summed E-state index contributed by atoms with van der Waals surface area (Å²) in [6.07, 6.45) is 0.931. The molecule has 1 aromatic carbocycles. The molecule has 1 atom stereocenters. The van der Waals surface area contributed by atoms with Crippen LogP contribution in [-0.4, -0.2) is 25.6 Å². The van der Waals surface area contributed by atoms with Crippen LogP contribution in [0.25, 0.3) is 11.6 Å². The lowest BCUT2D eigenvalue weighted by molar-refractivity contribution is 0.204. The zero-order chi connectivity index (χ0) is 15.5. The van der Waals surface area contributed by atoms with Crippen LogP contribution in [0, 0.1) is 0 Å². The van der Waals surface area contributed by atoms with Gasteiger partial charge in [-0.25, -0.2) is 0 Å². The number of rotatable bonds is 5. The highest BCUT2D eigenvalue weighted by Crippen LogP contribution is 2.29. The lowest BCUT2D eigenvalue weighted by Crippen LogP contribution is -2.03. The highest BCUT2D eigenvalue weighted by atomic mass is 35.5. The molecule has 2 aromatic heterocycles. The average Bonchev–Trinajstić information content (AvgIpc) is 3.15. The number of nitrogens with zero attached hydrogens (tertiary/aromatic N) is 3. The number of aliphatic hydroxyl groups excluding tert-OH is 1. The van der Waals surface area contributed by atoms with Crippen molar-refractivity contribution in [2.24, 2.45) is 7.05 Å². The van der Waals surface area contributed by atoms with E-state index in [1.165, 1.54) is 11.8 Å². The van der Waals surface area contributed by atoms with Crippen LogP contribution in [0.15, 0.2) is 52.2 Å². The molecule has 114 valence electrons. The second-order valence-corrected chi connectivity index (χ2v) is 6.09. The van der Waals surface area contributed by atoms with Gasteiger partial charge in [-0.2, -0.15) is 0 Å². The Balaban J connectivity index is 1.71. The Labute approximate surface area is 136 Å². The first-order valence-electron chi connectivity index (χ1n) is 6.65. The molecule has 1 N–H and O–H groups in total. The summed E-state index contributed by atoms with van der Waals surface area (Å²) in [4.78, 5) is 0. The van der Waals surface area contributed by atoms with Gasteiger partial charge in [-0.05, 0) is 23.8 Å². The van der Waals surface area contributed by atoms with Crippen LogP contribution in [0.5, 0.6) is 0 Å². The number of benzene rings is 1. The summed E-state index contributed by atoms with van der Waals surface area (Å²) >= 11 is 7.50. The number of aromatic nitrogens is 3. The van der Waals surface area contributed by atoms with E-state index in [1.54, 1.807) is 18.4 Å². The van der Waals surface area contributed by atoms with E-state index in [4.69, 9.17) is 16.0 Å². The van der Waals surface area contributed by atoms with Crippen molar-refractivity contribution in [3.63, 3.8) is 0 Å².